The summed E-state index contributed by atoms with van der Waals surface area (Å²) in [7, 11) is 6.10. The lowest BCUT2D eigenvalue weighted by molar-refractivity contribution is -0.132. The highest BCUT2D eigenvalue weighted by molar-refractivity contribution is 5.88. The van der Waals surface area contributed by atoms with Gasteiger partial charge in [-0.15, -0.1) is 0 Å². The van der Waals surface area contributed by atoms with Crippen LogP contribution in [0.4, 0.5) is 17.3 Å². The molecule has 3 aromatic rings. The Bertz CT molecular complexity index is 1370. The number of amides is 1. The van der Waals surface area contributed by atoms with Crippen LogP contribution < -0.4 is 15.8 Å². The van der Waals surface area contributed by atoms with Crippen molar-refractivity contribution in [2.45, 2.75) is 13.0 Å². The second-order valence-electron chi connectivity index (χ2n) is 10.8. The number of hydrogen-bond donors (Lipinski definition) is 1. The van der Waals surface area contributed by atoms with E-state index in [2.05, 4.69) is 39.3 Å². The first-order valence-electron chi connectivity index (χ1n) is 13.6. The minimum Gasteiger partial charge on any atom is -0.369 e. The van der Waals surface area contributed by atoms with E-state index in [0.29, 0.717) is 24.1 Å². The van der Waals surface area contributed by atoms with Crippen molar-refractivity contribution >= 4 is 34.3 Å². The van der Waals surface area contributed by atoms with Crippen LogP contribution in [-0.4, -0.2) is 102 Å². The van der Waals surface area contributed by atoms with Crippen molar-refractivity contribution in [1.82, 2.24) is 29.2 Å². The van der Waals surface area contributed by atoms with Gasteiger partial charge in [-0.05, 0) is 63.8 Å². The zero-order chi connectivity index (χ0) is 27.4. The molecule has 4 heterocycles. The highest BCUT2D eigenvalue weighted by atomic mass is 16.2. The molecule has 5 rings (SSSR count). The summed E-state index contributed by atoms with van der Waals surface area (Å²) >= 11 is 0. The molecule has 2 saturated heterocycles. The van der Waals surface area contributed by atoms with Crippen LogP contribution in [0.25, 0.3) is 11.0 Å². The first-order valence-corrected chi connectivity index (χ1v) is 13.6. The summed E-state index contributed by atoms with van der Waals surface area (Å²) in [5, 5.41) is 4.11. The summed E-state index contributed by atoms with van der Waals surface area (Å²) in [5.74, 6) is 0.881. The summed E-state index contributed by atoms with van der Waals surface area (Å²) in [6, 6.07) is 11.7. The Morgan fingerprint density at radius 2 is 1.82 bits per heavy atom. The van der Waals surface area contributed by atoms with Gasteiger partial charge in [-0.2, -0.15) is 4.98 Å². The van der Waals surface area contributed by atoms with Crippen LogP contribution in [0.2, 0.25) is 0 Å². The fourth-order valence-corrected chi connectivity index (χ4v) is 5.01. The molecule has 0 spiro atoms. The molecule has 0 atom stereocenters. The molecule has 0 unspecified atom stereocenters. The van der Waals surface area contributed by atoms with Crippen LogP contribution in [0.5, 0.6) is 0 Å². The summed E-state index contributed by atoms with van der Waals surface area (Å²) in [6.45, 7) is 6.92. The average molecular weight is 531 g/mol. The lowest BCUT2D eigenvalue weighted by atomic mass is 9.96. The molecule has 206 valence electrons. The number of piperazine rings is 1. The van der Waals surface area contributed by atoms with Gasteiger partial charge in [-0.3, -0.25) is 14.2 Å². The molecule has 0 aliphatic carbocycles. The van der Waals surface area contributed by atoms with Gasteiger partial charge in [0.1, 0.15) is 5.65 Å². The van der Waals surface area contributed by atoms with Crippen molar-refractivity contribution in [2.24, 2.45) is 5.92 Å². The SMILES string of the molecule is CN(C)C/C=C/C(=O)N1CC(CCn2c(=O)ccc3cnc(Nc4ccc(N5CCN(C)CC5)cc4)nc32)C1. The maximum Gasteiger partial charge on any atom is 0.252 e. The van der Waals surface area contributed by atoms with Gasteiger partial charge in [0, 0.05) is 87.5 Å². The van der Waals surface area contributed by atoms with Crippen molar-refractivity contribution in [3.8, 4) is 0 Å². The molecule has 2 aromatic heterocycles. The van der Waals surface area contributed by atoms with Gasteiger partial charge in [-0.1, -0.05) is 6.08 Å². The average Bonchev–Trinajstić information content (AvgIpc) is 2.89. The minimum atomic E-state index is -0.0810. The standard InChI is InChI=1S/C29H38N8O2/c1-33(2)13-4-5-26(38)36-20-22(21-36)12-14-37-27(39)11-6-23-19-30-29(32-28(23)37)31-24-7-9-25(10-8-24)35-17-15-34(3)16-18-35/h4-11,19,22H,12-18,20-21H2,1-3H3,(H,30,31,32)/b5-4+. The van der Waals surface area contributed by atoms with Crippen molar-refractivity contribution in [3.05, 3.63) is 65.1 Å². The number of aryl methyl sites for hydroxylation is 1. The van der Waals surface area contributed by atoms with E-state index in [-0.39, 0.29) is 11.5 Å². The molecule has 1 N–H and O–H groups in total. The third-order valence-electron chi connectivity index (χ3n) is 7.48. The minimum absolute atomic E-state index is 0.0513. The number of likely N-dealkylation sites (tertiary alicyclic amines) is 1. The number of nitrogens with one attached hydrogen (secondary N) is 1. The van der Waals surface area contributed by atoms with E-state index >= 15 is 0 Å². The molecule has 2 aliphatic rings. The molecular weight excluding hydrogens is 492 g/mol. The Balaban J connectivity index is 1.21. The number of benzene rings is 1. The number of anilines is 3. The second kappa shape index (κ2) is 12.0. The predicted octanol–water partition coefficient (Wildman–Crippen LogP) is 2.25. The molecule has 10 heteroatoms. The van der Waals surface area contributed by atoms with Gasteiger partial charge in [-0.25, -0.2) is 4.98 Å². The predicted molar refractivity (Wildman–Crippen MR) is 156 cm³/mol. The van der Waals surface area contributed by atoms with Crippen molar-refractivity contribution in [2.75, 3.05) is 77.2 Å². The first kappa shape index (κ1) is 26.8. The Labute approximate surface area is 229 Å². The summed E-state index contributed by atoms with van der Waals surface area (Å²) in [4.78, 5) is 42.9. The van der Waals surface area contributed by atoms with E-state index in [9.17, 15) is 9.59 Å². The third kappa shape index (κ3) is 6.63. The number of rotatable bonds is 9. The van der Waals surface area contributed by atoms with Crippen molar-refractivity contribution in [1.29, 1.82) is 0 Å². The van der Waals surface area contributed by atoms with E-state index in [1.165, 1.54) is 5.69 Å². The maximum atomic E-state index is 12.8. The zero-order valence-corrected chi connectivity index (χ0v) is 23.1. The molecule has 0 bridgehead atoms. The maximum absolute atomic E-state index is 12.8. The molecule has 0 saturated carbocycles. The monoisotopic (exact) mass is 530 g/mol. The number of hydrogen-bond acceptors (Lipinski definition) is 8. The highest BCUT2D eigenvalue weighted by Gasteiger charge is 2.29. The fourth-order valence-electron chi connectivity index (χ4n) is 5.01. The Morgan fingerprint density at radius 1 is 1.08 bits per heavy atom. The topological polar surface area (TPSA) is 89.8 Å². The van der Waals surface area contributed by atoms with E-state index in [1.807, 2.05) is 42.1 Å². The fraction of sp³-hybridized carbons (Fsp3) is 0.448. The third-order valence-corrected chi connectivity index (χ3v) is 7.48. The van der Waals surface area contributed by atoms with Crippen LogP contribution in [0.3, 0.4) is 0 Å². The molecule has 1 aromatic carbocycles. The number of nitrogens with zero attached hydrogens (tertiary/aromatic N) is 7. The Kier molecular flexibility index (Phi) is 8.23. The van der Waals surface area contributed by atoms with Gasteiger partial charge in [0.25, 0.3) is 5.56 Å². The lowest BCUT2D eigenvalue weighted by Gasteiger charge is -2.39. The lowest BCUT2D eigenvalue weighted by Crippen LogP contribution is -2.49. The number of carbonyl (C=O) groups excluding carboxylic acids is 1. The largest absolute Gasteiger partial charge is 0.369 e. The highest BCUT2D eigenvalue weighted by Crippen LogP contribution is 2.23. The molecule has 10 nitrogen and oxygen atoms in total. The van der Waals surface area contributed by atoms with Gasteiger partial charge in [0.05, 0.1) is 0 Å². The molecule has 2 fully saturated rings. The number of likely N-dealkylation sites (N-methyl/N-ethyl adjacent to an activating group) is 2. The Morgan fingerprint density at radius 3 is 2.54 bits per heavy atom. The summed E-state index contributed by atoms with van der Waals surface area (Å²) in [5.41, 5.74) is 2.65. The van der Waals surface area contributed by atoms with Gasteiger partial charge >= 0.3 is 0 Å². The summed E-state index contributed by atoms with van der Waals surface area (Å²) in [6.07, 6.45) is 6.10. The normalized spacial score (nSPS) is 16.8. The van der Waals surface area contributed by atoms with Gasteiger partial charge in [0.15, 0.2) is 0 Å². The number of fused-ring (bicyclic) bond motifs is 1. The first-order chi connectivity index (χ1) is 18.9. The van der Waals surface area contributed by atoms with Crippen molar-refractivity contribution < 1.29 is 4.79 Å². The van der Waals surface area contributed by atoms with Crippen LogP contribution >= 0.6 is 0 Å². The molecule has 0 radical (unpaired) electrons. The zero-order valence-electron chi connectivity index (χ0n) is 23.1. The van der Waals surface area contributed by atoms with E-state index in [4.69, 9.17) is 4.98 Å². The number of carbonyl (C=O) groups is 1. The quantitative estimate of drug-likeness (QED) is 0.422. The van der Waals surface area contributed by atoms with Crippen LogP contribution in [0, 0.1) is 5.92 Å². The summed E-state index contributed by atoms with van der Waals surface area (Å²) < 4.78 is 1.72. The molecular formula is C29H38N8O2. The van der Waals surface area contributed by atoms with Crippen molar-refractivity contribution in [3.63, 3.8) is 0 Å². The van der Waals surface area contributed by atoms with Crippen LogP contribution in [-0.2, 0) is 11.3 Å². The van der Waals surface area contributed by atoms with Gasteiger partial charge < -0.3 is 24.9 Å². The number of aromatic nitrogens is 3. The molecule has 1 amide bonds. The molecule has 2 aliphatic heterocycles. The van der Waals surface area contributed by atoms with E-state index in [0.717, 1.165) is 63.3 Å². The van der Waals surface area contributed by atoms with E-state index in [1.54, 1.807) is 29.0 Å². The van der Waals surface area contributed by atoms with Crippen LogP contribution in [0.15, 0.2) is 59.5 Å². The van der Waals surface area contributed by atoms with Gasteiger partial charge in [0.2, 0.25) is 11.9 Å². The van der Waals surface area contributed by atoms with E-state index < -0.39 is 0 Å². The van der Waals surface area contributed by atoms with Crippen LogP contribution in [0.1, 0.15) is 6.42 Å². The second-order valence-corrected chi connectivity index (χ2v) is 10.8. The molecule has 39 heavy (non-hydrogen) atoms. The Hall–Kier alpha value is -3.76. The number of pyridine rings is 1. The smallest absolute Gasteiger partial charge is 0.252 e.